The average molecular weight is 244 g/mol. The molecular formula is C12H20O5. The van der Waals surface area contributed by atoms with Gasteiger partial charge in [0, 0.05) is 0 Å². The lowest BCUT2D eigenvalue weighted by Gasteiger charge is -2.42. The minimum Gasteiger partial charge on any atom is -0.345 e. The molecule has 3 heterocycles. The van der Waals surface area contributed by atoms with Gasteiger partial charge in [0.05, 0.1) is 6.10 Å². The van der Waals surface area contributed by atoms with Crippen LogP contribution in [0.4, 0.5) is 0 Å². The molecule has 98 valence electrons. The molecule has 0 unspecified atom stereocenters. The van der Waals surface area contributed by atoms with Crippen molar-refractivity contribution in [1.82, 2.24) is 0 Å². The van der Waals surface area contributed by atoms with Crippen molar-refractivity contribution in [3.63, 3.8) is 0 Å². The van der Waals surface area contributed by atoms with Gasteiger partial charge in [-0.15, -0.1) is 0 Å². The van der Waals surface area contributed by atoms with E-state index in [1.165, 1.54) is 0 Å². The zero-order chi connectivity index (χ0) is 12.4. The molecular weight excluding hydrogens is 224 g/mol. The van der Waals surface area contributed by atoms with E-state index in [-0.39, 0.29) is 30.7 Å². The first-order chi connectivity index (χ1) is 7.77. The molecule has 5 atom stereocenters. The molecule has 0 N–H and O–H groups in total. The Morgan fingerprint density at radius 3 is 2.00 bits per heavy atom. The van der Waals surface area contributed by atoms with E-state index in [1.54, 1.807) is 0 Å². The van der Waals surface area contributed by atoms with Crippen LogP contribution in [0.2, 0.25) is 0 Å². The molecule has 3 aliphatic rings. The molecule has 0 saturated carbocycles. The maximum atomic E-state index is 5.92. The zero-order valence-electron chi connectivity index (χ0n) is 10.9. The summed E-state index contributed by atoms with van der Waals surface area (Å²) in [5.41, 5.74) is 0. The van der Waals surface area contributed by atoms with Gasteiger partial charge in [0.15, 0.2) is 17.9 Å². The third-order valence-corrected chi connectivity index (χ3v) is 3.38. The highest BCUT2D eigenvalue weighted by Crippen LogP contribution is 2.44. The van der Waals surface area contributed by atoms with Crippen LogP contribution in [0.25, 0.3) is 0 Å². The third kappa shape index (κ3) is 1.90. The van der Waals surface area contributed by atoms with Crippen LogP contribution in [0.3, 0.4) is 0 Å². The fraction of sp³-hybridized carbons (Fsp3) is 1.00. The smallest absolute Gasteiger partial charge is 0.190 e. The summed E-state index contributed by atoms with van der Waals surface area (Å²) in [6.45, 7) is 9.59. The summed E-state index contributed by atoms with van der Waals surface area (Å²) >= 11 is 0. The summed E-state index contributed by atoms with van der Waals surface area (Å²) in [4.78, 5) is 0. The van der Waals surface area contributed by atoms with Gasteiger partial charge in [-0.2, -0.15) is 0 Å². The van der Waals surface area contributed by atoms with Gasteiger partial charge in [-0.1, -0.05) is 0 Å². The molecule has 3 saturated heterocycles. The minimum atomic E-state index is -0.602. The number of rotatable bonds is 0. The molecule has 0 bridgehead atoms. The van der Waals surface area contributed by atoms with Crippen LogP contribution in [0, 0.1) is 0 Å². The Hall–Kier alpha value is -0.200. The standard InChI is InChI=1S/C12H20O5/c1-6-7-8(15-11(2,3)14-6)9-10(13-7)17-12(4,5)16-9/h6-10H,1-5H3/t6-,7-,8+,9-,10-/m1/s1. The number of hydrogen-bond acceptors (Lipinski definition) is 5. The molecule has 0 aliphatic carbocycles. The first-order valence-electron chi connectivity index (χ1n) is 6.14. The van der Waals surface area contributed by atoms with Crippen LogP contribution in [0.5, 0.6) is 0 Å². The molecule has 0 spiro atoms. The predicted molar refractivity (Wildman–Crippen MR) is 58.2 cm³/mol. The summed E-state index contributed by atoms with van der Waals surface area (Å²) in [5, 5.41) is 0. The van der Waals surface area contributed by atoms with Crippen molar-refractivity contribution >= 4 is 0 Å². The first kappa shape index (κ1) is 11.9. The Balaban J connectivity index is 1.82. The van der Waals surface area contributed by atoms with E-state index >= 15 is 0 Å². The Morgan fingerprint density at radius 2 is 1.29 bits per heavy atom. The number of hydrogen-bond donors (Lipinski definition) is 0. The van der Waals surface area contributed by atoms with Crippen LogP contribution in [0.1, 0.15) is 34.6 Å². The van der Waals surface area contributed by atoms with Crippen LogP contribution in [-0.4, -0.2) is 42.3 Å². The third-order valence-electron chi connectivity index (χ3n) is 3.38. The van der Waals surface area contributed by atoms with Gasteiger partial charge in [0.2, 0.25) is 0 Å². The molecule has 3 fully saturated rings. The van der Waals surface area contributed by atoms with Gasteiger partial charge < -0.3 is 23.7 Å². The van der Waals surface area contributed by atoms with Crippen molar-refractivity contribution in [3.05, 3.63) is 0 Å². The van der Waals surface area contributed by atoms with Gasteiger partial charge in [-0.25, -0.2) is 0 Å². The van der Waals surface area contributed by atoms with E-state index in [4.69, 9.17) is 23.7 Å². The normalized spacial score (nSPS) is 51.0. The monoisotopic (exact) mass is 244 g/mol. The van der Waals surface area contributed by atoms with Crippen molar-refractivity contribution in [2.24, 2.45) is 0 Å². The fourth-order valence-electron chi connectivity index (χ4n) is 2.89. The SMILES string of the molecule is C[C@H]1OC(C)(C)O[C@@H]2[C@H]3OC(C)(C)O[C@H]3O[C@@H]21. The second-order valence-electron chi connectivity index (χ2n) is 5.87. The lowest BCUT2D eigenvalue weighted by molar-refractivity contribution is -0.340. The molecule has 3 rings (SSSR count). The van der Waals surface area contributed by atoms with Crippen molar-refractivity contribution < 1.29 is 23.7 Å². The summed E-state index contributed by atoms with van der Waals surface area (Å²) in [6, 6.07) is 0. The predicted octanol–water partition coefficient (Wildman–Crippen LogP) is 1.40. The van der Waals surface area contributed by atoms with E-state index in [0.717, 1.165) is 0 Å². The first-order valence-corrected chi connectivity index (χ1v) is 6.14. The Morgan fingerprint density at radius 1 is 0.706 bits per heavy atom. The molecule has 5 nitrogen and oxygen atoms in total. The molecule has 17 heavy (non-hydrogen) atoms. The summed E-state index contributed by atoms with van der Waals surface area (Å²) in [5.74, 6) is -1.20. The molecule has 0 aromatic rings. The second-order valence-corrected chi connectivity index (χ2v) is 5.87. The van der Waals surface area contributed by atoms with Crippen LogP contribution in [-0.2, 0) is 23.7 Å². The molecule has 0 radical (unpaired) electrons. The van der Waals surface area contributed by atoms with Gasteiger partial charge in [0.1, 0.15) is 18.3 Å². The largest absolute Gasteiger partial charge is 0.345 e. The lowest BCUT2D eigenvalue weighted by atomic mass is 10.0. The Kier molecular flexibility index (Phi) is 2.39. The molecule has 0 amide bonds. The number of fused-ring (bicyclic) bond motifs is 3. The van der Waals surface area contributed by atoms with Crippen molar-refractivity contribution in [2.45, 2.75) is 76.9 Å². The highest BCUT2D eigenvalue weighted by atomic mass is 16.9. The quantitative estimate of drug-likeness (QED) is 0.644. The summed E-state index contributed by atoms with van der Waals surface area (Å²) < 4.78 is 29.1. The minimum absolute atomic E-state index is 0.0235. The number of ether oxygens (including phenoxy) is 5. The zero-order valence-corrected chi connectivity index (χ0v) is 10.9. The van der Waals surface area contributed by atoms with Crippen molar-refractivity contribution in [1.29, 1.82) is 0 Å². The maximum Gasteiger partial charge on any atom is 0.190 e. The Bertz CT molecular complexity index is 327. The summed E-state index contributed by atoms with van der Waals surface area (Å²) in [7, 11) is 0. The summed E-state index contributed by atoms with van der Waals surface area (Å²) in [6.07, 6.45) is -0.778. The fourth-order valence-corrected chi connectivity index (χ4v) is 2.89. The van der Waals surface area contributed by atoms with Gasteiger partial charge in [-0.05, 0) is 34.6 Å². The maximum absolute atomic E-state index is 5.92. The van der Waals surface area contributed by atoms with Crippen molar-refractivity contribution in [2.75, 3.05) is 0 Å². The topological polar surface area (TPSA) is 46.2 Å². The molecule has 5 heteroatoms. The second kappa shape index (κ2) is 3.42. The van der Waals surface area contributed by atoms with Gasteiger partial charge in [-0.3, -0.25) is 0 Å². The van der Waals surface area contributed by atoms with Gasteiger partial charge in [0.25, 0.3) is 0 Å². The average Bonchev–Trinajstić information content (AvgIpc) is 2.58. The van der Waals surface area contributed by atoms with E-state index in [9.17, 15) is 0 Å². The van der Waals surface area contributed by atoms with Crippen LogP contribution < -0.4 is 0 Å². The van der Waals surface area contributed by atoms with Crippen LogP contribution >= 0.6 is 0 Å². The Labute approximate surface area is 101 Å². The highest BCUT2D eigenvalue weighted by Gasteiger charge is 2.60. The van der Waals surface area contributed by atoms with E-state index < -0.39 is 11.6 Å². The molecule has 0 aromatic carbocycles. The lowest BCUT2D eigenvalue weighted by Crippen LogP contribution is -2.54. The van der Waals surface area contributed by atoms with Crippen molar-refractivity contribution in [3.8, 4) is 0 Å². The highest BCUT2D eigenvalue weighted by molar-refractivity contribution is 4.99. The van der Waals surface area contributed by atoms with E-state index in [1.807, 2.05) is 34.6 Å². The molecule has 3 aliphatic heterocycles. The van der Waals surface area contributed by atoms with E-state index in [0.29, 0.717) is 0 Å². The van der Waals surface area contributed by atoms with E-state index in [2.05, 4.69) is 0 Å². The van der Waals surface area contributed by atoms with Crippen LogP contribution in [0.15, 0.2) is 0 Å². The molecule has 0 aromatic heterocycles. The van der Waals surface area contributed by atoms with Gasteiger partial charge >= 0.3 is 0 Å².